The van der Waals surface area contributed by atoms with E-state index in [1.54, 1.807) is 0 Å². The molecule has 0 N–H and O–H groups in total. The van der Waals surface area contributed by atoms with E-state index < -0.39 is 0 Å². The summed E-state index contributed by atoms with van der Waals surface area (Å²) in [6.07, 6.45) is 12.6. The first-order valence-corrected chi connectivity index (χ1v) is 5.29. The molecule has 0 aromatic rings. The molecule has 0 saturated heterocycles. The van der Waals surface area contributed by atoms with Gasteiger partial charge >= 0.3 is 0 Å². The summed E-state index contributed by atoms with van der Waals surface area (Å²) < 4.78 is 5.22. The minimum atomic E-state index is 0.711. The fourth-order valence-corrected chi connectivity index (χ4v) is 2.00. The summed E-state index contributed by atoms with van der Waals surface area (Å²) in [6, 6.07) is 0. The lowest BCUT2D eigenvalue weighted by atomic mass is 9.96. The van der Waals surface area contributed by atoms with Crippen LogP contribution in [0.4, 0.5) is 0 Å². The van der Waals surface area contributed by atoms with Gasteiger partial charge in [-0.05, 0) is 44.6 Å². The lowest BCUT2D eigenvalue weighted by molar-refractivity contribution is 0.265. The van der Waals surface area contributed by atoms with Crippen LogP contribution in [-0.4, -0.2) is 6.61 Å². The number of rotatable bonds is 4. The van der Waals surface area contributed by atoms with Crippen molar-refractivity contribution in [2.45, 2.75) is 33.1 Å². The first-order valence-electron chi connectivity index (χ1n) is 5.29. The second kappa shape index (κ2) is 5.85. The molecule has 2 atom stereocenters. The normalized spacial score (nSPS) is 29.1. The van der Waals surface area contributed by atoms with Gasteiger partial charge in [0.1, 0.15) is 0 Å². The highest BCUT2D eigenvalue weighted by molar-refractivity contribution is 5.00. The third-order valence-corrected chi connectivity index (χ3v) is 2.65. The monoisotopic (exact) mass is 180 g/mol. The molecular weight excluding hydrogens is 160 g/mol. The van der Waals surface area contributed by atoms with Crippen molar-refractivity contribution >= 4 is 0 Å². The van der Waals surface area contributed by atoms with Crippen LogP contribution in [0.1, 0.15) is 33.1 Å². The quantitative estimate of drug-likeness (QED) is 0.475. The van der Waals surface area contributed by atoms with Crippen molar-refractivity contribution in [3.8, 4) is 0 Å². The molecule has 1 heteroatoms. The number of hydrogen-bond acceptors (Lipinski definition) is 1. The zero-order valence-electron chi connectivity index (χ0n) is 8.70. The summed E-state index contributed by atoms with van der Waals surface area (Å²) in [5.74, 6) is 1.46. The fraction of sp³-hybridized carbons (Fsp3) is 0.667. The molecule has 13 heavy (non-hydrogen) atoms. The van der Waals surface area contributed by atoms with Gasteiger partial charge in [-0.1, -0.05) is 18.6 Å². The Bertz CT molecular complexity index is 182. The van der Waals surface area contributed by atoms with Gasteiger partial charge in [0.2, 0.25) is 0 Å². The first-order chi connectivity index (χ1) is 6.38. The van der Waals surface area contributed by atoms with Crippen LogP contribution < -0.4 is 0 Å². The molecule has 74 valence electrons. The van der Waals surface area contributed by atoms with E-state index in [0.717, 1.165) is 12.5 Å². The summed E-state index contributed by atoms with van der Waals surface area (Å²) in [7, 11) is 0. The largest absolute Gasteiger partial charge is 0.502 e. The van der Waals surface area contributed by atoms with Crippen molar-refractivity contribution in [3.05, 3.63) is 24.5 Å². The molecule has 1 aliphatic carbocycles. The molecular formula is C12H20O. The van der Waals surface area contributed by atoms with Crippen molar-refractivity contribution in [1.82, 2.24) is 0 Å². The zero-order valence-corrected chi connectivity index (χ0v) is 8.70. The Morgan fingerprint density at radius 2 is 1.92 bits per heavy atom. The molecule has 0 radical (unpaired) electrons. The van der Waals surface area contributed by atoms with Crippen LogP contribution in [0.25, 0.3) is 0 Å². The number of hydrogen-bond donors (Lipinski definition) is 0. The van der Waals surface area contributed by atoms with E-state index in [1.807, 2.05) is 13.2 Å². The highest BCUT2D eigenvalue weighted by Crippen LogP contribution is 2.33. The van der Waals surface area contributed by atoms with Gasteiger partial charge in [0, 0.05) is 0 Å². The molecule has 1 aliphatic rings. The van der Waals surface area contributed by atoms with Crippen molar-refractivity contribution < 1.29 is 4.74 Å². The van der Waals surface area contributed by atoms with Crippen LogP contribution >= 0.6 is 0 Å². The highest BCUT2D eigenvalue weighted by atomic mass is 16.5. The van der Waals surface area contributed by atoms with Crippen LogP contribution in [0.5, 0.6) is 0 Å². The van der Waals surface area contributed by atoms with E-state index >= 15 is 0 Å². The molecule has 0 bridgehead atoms. The van der Waals surface area contributed by atoms with Crippen molar-refractivity contribution in [3.63, 3.8) is 0 Å². The van der Waals surface area contributed by atoms with Crippen LogP contribution in [0, 0.1) is 11.8 Å². The van der Waals surface area contributed by atoms with Crippen LogP contribution in [-0.2, 0) is 4.74 Å². The standard InChI is InChI=1S/C12H20O/c1-3-6-11-7-5-8-12(11)9-10-13-4-2/h3,6,9-12H,4-5,7-8H2,1-2H3/b6-3-,10-9+. The van der Waals surface area contributed by atoms with Gasteiger partial charge in [0.25, 0.3) is 0 Å². The van der Waals surface area contributed by atoms with E-state index in [2.05, 4.69) is 25.2 Å². The Morgan fingerprint density at radius 3 is 2.54 bits per heavy atom. The van der Waals surface area contributed by atoms with Gasteiger partial charge in [0.05, 0.1) is 12.9 Å². The van der Waals surface area contributed by atoms with Gasteiger partial charge < -0.3 is 4.74 Å². The maximum Gasteiger partial charge on any atom is 0.0845 e. The van der Waals surface area contributed by atoms with Gasteiger partial charge in [-0.3, -0.25) is 0 Å². The molecule has 0 spiro atoms. The Kier molecular flexibility index (Phi) is 4.66. The molecule has 1 nitrogen and oxygen atoms in total. The summed E-state index contributed by atoms with van der Waals surface area (Å²) >= 11 is 0. The molecule has 0 amide bonds. The predicted octanol–water partition coefficient (Wildman–Crippen LogP) is 3.53. The highest BCUT2D eigenvalue weighted by Gasteiger charge is 2.22. The van der Waals surface area contributed by atoms with Crippen LogP contribution in [0.3, 0.4) is 0 Å². The first kappa shape index (κ1) is 10.4. The maximum atomic E-state index is 5.22. The molecule has 0 aromatic carbocycles. The van der Waals surface area contributed by atoms with Crippen molar-refractivity contribution in [1.29, 1.82) is 0 Å². The molecule has 0 aliphatic heterocycles. The zero-order chi connectivity index (χ0) is 9.52. The van der Waals surface area contributed by atoms with Crippen molar-refractivity contribution in [2.75, 3.05) is 6.61 Å². The van der Waals surface area contributed by atoms with E-state index in [4.69, 9.17) is 4.74 Å². The van der Waals surface area contributed by atoms with Crippen molar-refractivity contribution in [2.24, 2.45) is 11.8 Å². The smallest absolute Gasteiger partial charge is 0.0845 e. The van der Waals surface area contributed by atoms with Gasteiger partial charge in [-0.25, -0.2) is 0 Å². The van der Waals surface area contributed by atoms with E-state index in [1.165, 1.54) is 19.3 Å². The molecule has 0 heterocycles. The minimum Gasteiger partial charge on any atom is -0.502 e. The number of allylic oxidation sites excluding steroid dienone is 3. The summed E-state index contributed by atoms with van der Waals surface area (Å²) in [6.45, 7) is 4.89. The van der Waals surface area contributed by atoms with Gasteiger partial charge in [-0.15, -0.1) is 0 Å². The third kappa shape index (κ3) is 3.25. The molecule has 0 aromatic heterocycles. The van der Waals surface area contributed by atoms with E-state index in [-0.39, 0.29) is 0 Å². The second-order valence-electron chi connectivity index (χ2n) is 3.57. The maximum absolute atomic E-state index is 5.22. The van der Waals surface area contributed by atoms with E-state index in [0.29, 0.717) is 5.92 Å². The predicted molar refractivity (Wildman–Crippen MR) is 56.4 cm³/mol. The molecule has 1 fully saturated rings. The lowest BCUT2D eigenvalue weighted by Gasteiger charge is -2.10. The molecule has 1 rings (SSSR count). The average Bonchev–Trinajstić information content (AvgIpc) is 2.54. The van der Waals surface area contributed by atoms with Gasteiger partial charge in [0.15, 0.2) is 0 Å². The topological polar surface area (TPSA) is 9.23 Å². The van der Waals surface area contributed by atoms with Crippen LogP contribution in [0.2, 0.25) is 0 Å². The summed E-state index contributed by atoms with van der Waals surface area (Å²) in [5.41, 5.74) is 0. The number of ether oxygens (including phenoxy) is 1. The minimum absolute atomic E-state index is 0.711. The molecule has 2 unspecified atom stereocenters. The lowest BCUT2D eigenvalue weighted by Crippen LogP contribution is -2.01. The average molecular weight is 180 g/mol. The van der Waals surface area contributed by atoms with Crippen LogP contribution in [0.15, 0.2) is 24.5 Å². The Labute approximate surface area is 81.5 Å². The Morgan fingerprint density at radius 1 is 1.23 bits per heavy atom. The molecule has 1 saturated carbocycles. The summed E-state index contributed by atoms with van der Waals surface area (Å²) in [5, 5.41) is 0. The third-order valence-electron chi connectivity index (χ3n) is 2.65. The Balaban J connectivity index is 2.39. The SMILES string of the molecule is C/C=C\C1CCCC1/C=C/OCC. The van der Waals surface area contributed by atoms with E-state index in [9.17, 15) is 0 Å². The second-order valence-corrected chi connectivity index (χ2v) is 3.57. The fourth-order valence-electron chi connectivity index (χ4n) is 2.00. The Hall–Kier alpha value is -0.720. The summed E-state index contributed by atoms with van der Waals surface area (Å²) in [4.78, 5) is 0. The van der Waals surface area contributed by atoms with Gasteiger partial charge in [-0.2, -0.15) is 0 Å².